The van der Waals surface area contributed by atoms with Crippen molar-refractivity contribution >= 4 is 17.5 Å². The molecular weight excluding hydrogens is 456 g/mol. The third kappa shape index (κ3) is 4.15. The zero-order chi connectivity index (χ0) is 25.2. The number of ether oxygens (including phenoxy) is 3. The molecule has 1 N–H and O–H groups in total. The molecule has 0 aliphatic carbocycles. The minimum absolute atomic E-state index is 0.0569. The van der Waals surface area contributed by atoms with Crippen LogP contribution in [0, 0.1) is 0 Å². The monoisotopic (exact) mass is 486 g/mol. The van der Waals surface area contributed by atoms with Crippen molar-refractivity contribution in [2.24, 2.45) is 0 Å². The second-order valence-electron chi connectivity index (χ2n) is 8.84. The fourth-order valence-corrected chi connectivity index (χ4v) is 5.27. The van der Waals surface area contributed by atoms with Gasteiger partial charge in [0.15, 0.2) is 11.5 Å². The van der Waals surface area contributed by atoms with Gasteiger partial charge in [0.25, 0.3) is 5.91 Å². The fraction of sp³-hybridized carbons (Fsp3) is 0.310. The molecule has 0 fully saturated rings. The van der Waals surface area contributed by atoms with Crippen LogP contribution >= 0.6 is 0 Å². The van der Waals surface area contributed by atoms with Gasteiger partial charge in [-0.3, -0.25) is 9.59 Å². The average molecular weight is 487 g/mol. The molecule has 3 aromatic rings. The molecule has 2 aliphatic heterocycles. The highest BCUT2D eigenvalue weighted by Gasteiger charge is 2.46. The molecule has 2 atom stereocenters. The lowest BCUT2D eigenvalue weighted by molar-refractivity contribution is -0.119. The van der Waals surface area contributed by atoms with Crippen molar-refractivity contribution in [3.63, 3.8) is 0 Å². The lowest BCUT2D eigenvalue weighted by atomic mass is 9.75. The summed E-state index contributed by atoms with van der Waals surface area (Å²) in [6.45, 7) is 5.38. The Labute approximate surface area is 211 Å². The van der Waals surface area contributed by atoms with Crippen LogP contribution in [0.2, 0.25) is 0 Å². The minimum Gasteiger partial charge on any atom is -0.497 e. The van der Waals surface area contributed by atoms with Gasteiger partial charge < -0.3 is 24.4 Å². The Bertz CT molecular complexity index is 1300. The summed E-state index contributed by atoms with van der Waals surface area (Å²) in [4.78, 5) is 29.3. The van der Waals surface area contributed by atoms with Crippen LogP contribution in [-0.2, 0) is 11.2 Å². The summed E-state index contributed by atoms with van der Waals surface area (Å²) < 4.78 is 17.1. The molecule has 0 spiro atoms. The van der Waals surface area contributed by atoms with E-state index in [0.717, 1.165) is 16.7 Å². The summed E-state index contributed by atoms with van der Waals surface area (Å²) in [6.07, 6.45) is 0.677. The van der Waals surface area contributed by atoms with Gasteiger partial charge in [-0.25, -0.2) is 0 Å². The maximum Gasteiger partial charge on any atom is 0.254 e. The fourth-order valence-electron chi connectivity index (χ4n) is 5.27. The number of amides is 2. The molecule has 36 heavy (non-hydrogen) atoms. The van der Waals surface area contributed by atoms with E-state index < -0.39 is 12.0 Å². The van der Waals surface area contributed by atoms with E-state index in [0.29, 0.717) is 54.7 Å². The highest BCUT2D eigenvalue weighted by atomic mass is 16.5. The standard InChI is InChI=1S/C29H30N2O5/c1-4-35-24-15-18-13-14-31-27(23(18)17-25(24)36-5-2)26(21-11-6-7-12-22(21)29(31)33)28(32)30-19-9-8-10-20(16-19)34-3/h6-12,15-17,26-27H,4-5,13-14H2,1-3H3,(H,30,32). The predicted octanol–water partition coefficient (Wildman–Crippen LogP) is 4.97. The molecular formula is C29H30N2O5. The van der Waals surface area contributed by atoms with Gasteiger partial charge in [0, 0.05) is 23.9 Å². The number of hydrogen-bond acceptors (Lipinski definition) is 5. The van der Waals surface area contributed by atoms with Gasteiger partial charge in [-0.2, -0.15) is 0 Å². The number of nitrogens with zero attached hydrogens (tertiary/aromatic N) is 1. The van der Waals surface area contributed by atoms with Crippen LogP contribution in [-0.4, -0.2) is 43.6 Å². The van der Waals surface area contributed by atoms with E-state index in [-0.39, 0.29) is 11.8 Å². The molecule has 7 heteroatoms. The Morgan fingerprint density at radius 3 is 2.47 bits per heavy atom. The molecule has 2 unspecified atom stereocenters. The molecule has 0 saturated carbocycles. The first kappa shape index (κ1) is 23.7. The molecule has 0 bridgehead atoms. The van der Waals surface area contributed by atoms with E-state index in [2.05, 4.69) is 5.32 Å². The molecule has 0 aromatic heterocycles. The lowest BCUT2D eigenvalue weighted by Crippen LogP contribution is -2.49. The minimum atomic E-state index is -0.600. The van der Waals surface area contributed by atoms with Crippen molar-refractivity contribution in [1.82, 2.24) is 4.90 Å². The number of nitrogens with one attached hydrogen (secondary N) is 1. The lowest BCUT2D eigenvalue weighted by Gasteiger charge is -2.45. The molecule has 5 rings (SSSR count). The number of rotatable bonds is 7. The van der Waals surface area contributed by atoms with Crippen LogP contribution in [0.3, 0.4) is 0 Å². The van der Waals surface area contributed by atoms with E-state index >= 15 is 0 Å². The smallest absolute Gasteiger partial charge is 0.254 e. The zero-order valence-electron chi connectivity index (χ0n) is 20.7. The summed E-state index contributed by atoms with van der Waals surface area (Å²) >= 11 is 0. The maximum absolute atomic E-state index is 13.9. The Kier molecular flexibility index (Phi) is 6.55. The van der Waals surface area contributed by atoms with Crippen molar-refractivity contribution in [1.29, 1.82) is 0 Å². The summed E-state index contributed by atoms with van der Waals surface area (Å²) in [6, 6.07) is 18.2. The second-order valence-corrected chi connectivity index (χ2v) is 8.84. The Morgan fingerprint density at radius 1 is 0.972 bits per heavy atom. The number of hydrogen-bond donors (Lipinski definition) is 1. The zero-order valence-corrected chi connectivity index (χ0v) is 20.7. The van der Waals surface area contributed by atoms with Crippen LogP contribution in [0.4, 0.5) is 5.69 Å². The SMILES string of the molecule is CCOc1cc2c(cc1OCC)C1C(C(=O)Nc3cccc(OC)c3)c3ccccc3C(=O)N1CC2. The van der Waals surface area contributed by atoms with Crippen molar-refractivity contribution in [3.05, 3.63) is 82.9 Å². The summed E-state index contributed by atoms with van der Waals surface area (Å²) in [5.74, 6) is 1.12. The second kappa shape index (κ2) is 9.93. The molecule has 186 valence electrons. The van der Waals surface area contributed by atoms with Crippen LogP contribution in [0.25, 0.3) is 0 Å². The molecule has 2 aliphatic rings. The van der Waals surface area contributed by atoms with E-state index in [4.69, 9.17) is 14.2 Å². The van der Waals surface area contributed by atoms with Gasteiger partial charge in [-0.05, 0) is 67.3 Å². The number of anilines is 1. The highest BCUT2D eigenvalue weighted by Crippen LogP contribution is 2.48. The number of carbonyl (C=O) groups excluding carboxylic acids is 2. The number of methoxy groups -OCH3 is 1. The maximum atomic E-state index is 13.9. The van der Waals surface area contributed by atoms with Crippen molar-refractivity contribution in [3.8, 4) is 17.2 Å². The quantitative estimate of drug-likeness (QED) is 0.510. The van der Waals surface area contributed by atoms with E-state index in [1.807, 2.05) is 67.3 Å². The van der Waals surface area contributed by atoms with Crippen molar-refractivity contribution in [2.75, 3.05) is 32.2 Å². The first-order valence-electron chi connectivity index (χ1n) is 12.3. The highest BCUT2D eigenvalue weighted by molar-refractivity contribution is 6.04. The molecule has 7 nitrogen and oxygen atoms in total. The van der Waals surface area contributed by atoms with Crippen LogP contribution in [0.1, 0.15) is 52.9 Å². The topological polar surface area (TPSA) is 77.1 Å². The first-order valence-corrected chi connectivity index (χ1v) is 12.3. The summed E-state index contributed by atoms with van der Waals surface area (Å²) in [5, 5.41) is 3.06. The Morgan fingerprint density at radius 2 is 1.72 bits per heavy atom. The van der Waals surface area contributed by atoms with E-state index in [1.165, 1.54) is 0 Å². The molecule has 0 saturated heterocycles. The van der Waals surface area contributed by atoms with Crippen LogP contribution < -0.4 is 19.5 Å². The number of benzene rings is 3. The van der Waals surface area contributed by atoms with Crippen LogP contribution in [0.5, 0.6) is 17.2 Å². The van der Waals surface area contributed by atoms with Gasteiger partial charge in [0.05, 0.1) is 32.3 Å². The van der Waals surface area contributed by atoms with E-state index in [1.54, 1.807) is 19.2 Å². The molecule has 2 amide bonds. The van der Waals surface area contributed by atoms with Crippen molar-refractivity contribution < 1.29 is 23.8 Å². The van der Waals surface area contributed by atoms with Crippen LogP contribution in [0.15, 0.2) is 60.7 Å². The number of carbonyl (C=O) groups is 2. The third-order valence-corrected chi connectivity index (χ3v) is 6.80. The normalized spacial score (nSPS) is 18.0. The molecule has 2 heterocycles. The molecule has 0 radical (unpaired) electrons. The Hall–Kier alpha value is -4.00. The van der Waals surface area contributed by atoms with Gasteiger partial charge in [0.2, 0.25) is 5.91 Å². The Balaban J connectivity index is 1.63. The van der Waals surface area contributed by atoms with Gasteiger partial charge in [0.1, 0.15) is 5.75 Å². The van der Waals surface area contributed by atoms with Gasteiger partial charge >= 0.3 is 0 Å². The number of fused-ring (bicyclic) bond motifs is 4. The van der Waals surface area contributed by atoms with Gasteiger partial charge in [-0.15, -0.1) is 0 Å². The molecule has 3 aromatic carbocycles. The van der Waals surface area contributed by atoms with Gasteiger partial charge in [-0.1, -0.05) is 24.3 Å². The first-order chi connectivity index (χ1) is 17.5. The van der Waals surface area contributed by atoms with E-state index in [9.17, 15) is 9.59 Å². The van der Waals surface area contributed by atoms with Crippen molar-refractivity contribution in [2.45, 2.75) is 32.2 Å². The largest absolute Gasteiger partial charge is 0.497 e. The summed E-state index contributed by atoms with van der Waals surface area (Å²) in [7, 11) is 1.59. The predicted molar refractivity (Wildman–Crippen MR) is 137 cm³/mol. The average Bonchev–Trinajstić information content (AvgIpc) is 2.89. The third-order valence-electron chi connectivity index (χ3n) is 6.80. The summed E-state index contributed by atoms with van der Waals surface area (Å²) in [5.41, 5.74) is 3.91.